The zero-order chi connectivity index (χ0) is 25.3. The molecular weight excluding hydrogens is 472 g/mol. The van der Waals surface area contributed by atoms with Crippen molar-refractivity contribution in [2.24, 2.45) is 0 Å². The van der Waals surface area contributed by atoms with Crippen LogP contribution in [0, 0.1) is 0 Å². The summed E-state index contributed by atoms with van der Waals surface area (Å²) in [6, 6.07) is 0. The zero-order valence-electron chi connectivity index (χ0n) is 17.7. The third-order valence-electron chi connectivity index (χ3n) is 6.09. The highest BCUT2D eigenvalue weighted by Crippen LogP contribution is 2.32. The van der Waals surface area contributed by atoms with Crippen molar-refractivity contribution in [2.45, 2.75) is 92.1 Å². The highest BCUT2D eigenvalue weighted by Gasteiger charge is 2.53. The highest BCUT2D eigenvalue weighted by molar-refractivity contribution is 4.96. The summed E-state index contributed by atoms with van der Waals surface area (Å²) in [7, 11) is 0. The van der Waals surface area contributed by atoms with Crippen LogP contribution in [0.1, 0.15) is 0 Å². The van der Waals surface area contributed by atoms with Gasteiger partial charge in [-0.15, -0.1) is 0 Å². The van der Waals surface area contributed by atoms with Gasteiger partial charge in [-0.1, -0.05) is 0 Å². The Morgan fingerprint density at radius 2 is 0.941 bits per heavy atom. The summed E-state index contributed by atoms with van der Waals surface area (Å²) in [5.74, 6) is 0. The van der Waals surface area contributed by atoms with Crippen LogP contribution in [0.2, 0.25) is 0 Å². The van der Waals surface area contributed by atoms with E-state index in [-0.39, 0.29) is 0 Å². The lowest BCUT2D eigenvalue weighted by Crippen LogP contribution is -2.66. The van der Waals surface area contributed by atoms with Gasteiger partial charge in [-0.05, 0) is 0 Å². The Bertz CT molecular complexity index is 637. The molecule has 0 saturated carbocycles. The average molecular weight is 504 g/mol. The van der Waals surface area contributed by atoms with Crippen molar-refractivity contribution < 1.29 is 79.9 Å². The van der Waals surface area contributed by atoms with Crippen LogP contribution < -0.4 is 0 Å². The molecule has 3 aliphatic heterocycles. The van der Waals surface area contributed by atoms with E-state index in [9.17, 15) is 56.2 Å². The molecule has 0 radical (unpaired) electrons. The Balaban J connectivity index is 1.78. The first kappa shape index (κ1) is 27.9. The van der Waals surface area contributed by atoms with Gasteiger partial charge >= 0.3 is 0 Å². The van der Waals surface area contributed by atoms with Crippen LogP contribution in [-0.4, -0.2) is 168 Å². The lowest BCUT2D eigenvalue weighted by molar-refractivity contribution is -0.378. The predicted molar refractivity (Wildman–Crippen MR) is 101 cm³/mol. The second-order valence-electron chi connectivity index (χ2n) is 8.33. The number of aliphatic hydroxyl groups is 11. The quantitative estimate of drug-likeness (QED) is 0.154. The molecule has 0 aromatic carbocycles. The second kappa shape index (κ2) is 11.6. The lowest BCUT2D eigenvalue weighted by atomic mass is 9.96. The molecule has 3 heterocycles. The van der Waals surface area contributed by atoms with Crippen LogP contribution >= 0.6 is 0 Å². The van der Waals surface area contributed by atoms with E-state index in [4.69, 9.17) is 23.7 Å². The van der Waals surface area contributed by atoms with E-state index in [0.717, 1.165) is 0 Å². The Morgan fingerprint density at radius 3 is 1.50 bits per heavy atom. The molecule has 0 aromatic heterocycles. The van der Waals surface area contributed by atoms with E-state index in [1.165, 1.54) is 0 Å². The van der Waals surface area contributed by atoms with Gasteiger partial charge in [0.05, 0.1) is 19.8 Å². The molecule has 200 valence electrons. The average Bonchev–Trinajstić information content (AvgIpc) is 2.83. The SMILES string of the molecule is OC[C@H]1O[C@@H](O[C@@H]2[C@@H](O)[C@H](O[C@H]3[C@H](O)[C@@H](O)C(O)O[C@@H]3CO)O[C@H](CO)[C@H]2O)[C@@H](O)[C@@H](O)[C@@H]1O. The fourth-order valence-corrected chi connectivity index (χ4v) is 4.05. The Hall–Kier alpha value is -0.640. The van der Waals surface area contributed by atoms with E-state index in [1.54, 1.807) is 0 Å². The van der Waals surface area contributed by atoms with Crippen LogP contribution in [0.25, 0.3) is 0 Å². The van der Waals surface area contributed by atoms with Gasteiger partial charge in [0, 0.05) is 0 Å². The van der Waals surface area contributed by atoms with Crippen molar-refractivity contribution in [2.75, 3.05) is 19.8 Å². The molecule has 1 unspecified atom stereocenters. The molecule has 16 nitrogen and oxygen atoms in total. The smallest absolute Gasteiger partial charge is 0.187 e. The Kier molecular flexibility index (Phi) is 9.54. The number of rotatable bonds is 7. The first-order chi connectivity index (χ1) is 16.0. The van der Waals surface area contributed by atoms with Gasteiger partial charge in [0.25, 0.3) is 0 Å². The minimum absolute atomic E-state index is 0.759. The third kappa shape index (κ3) is 5.37. The first-order valence-corrected chi connectivity index (χ1v) is 10.6. The molecule has 0 amide bonds. The van der Waals surface area contributed by atoms with Gasteiger partial charge in [-0.2, -0.15) is 0 Å². The van der Waals surface area contributed by atoms with Gasteiger partial charge in [-0.3, -0.25) is 0 Å². The van der Waals surface area contributed by atoms with Gasteiger partial charge in [0.1, 0.15) is 73.2 Å². The topological polar surface area (TPSA) is 269 Å². The van der Waals surface area contributed by atoms with Gasteiger partial charge in [-0.25, -0.2) is 0 Å². The maximum absolute atomic E-state index is 10.8. The van der Waals surface area contributed by atoms with Crippen molar-refractivity contribution in [1.29, 1.82) is 0 Å². The number of hydrogen-bond donors (Lipinski definition) is 11. The third-order valence-corrected chi connectivity index (χ3v) is 6.09. The van der Waals surface area contributed by atoms with E-state index in [0.29, 0.717) is 0 Å². The van der Waals surface area contributed by atoms with E-state index in [1.807, 2.05) is 0 Å². The van der Waals surface area contributed by atoms with Crippen LogP contribution in [0.3, 0.4) is 0 Å². The van der Waals surface area contributed by atoms with Crippen molar-refractivity contribution in [3.05, 3.63) is 0 Å². The van der Waals surface area contributed by atoms with Crippen LogP contribution in [0.4, 0.5) is 0 Å². The Labute approximate surface area is 192 Å². The minimum atomic E-state index is -1.90. The maximum atomic E-state index is 10.8. The standard InChI is InChI=1S/C18H32O16/c19-1-4-7(22)9(24)12(27)17(31-4)34-15-8(23)5(2-20)32-18(13(15)28)33-14-6(3-21)30-16(29)11(26)10(14)25/h4-29H,1-3H2/t4-,5-,6-,7-,8-,9+,10-,11-,12+,13-,14-,15+,16?,17+,18+/m1/s1. The number of hydrogen-bond acceptors (Lipinski definition) is 16. The number of ether oxygens (including phenoxy) is 5. The lowest BCUT2D eigenvalue weighted by Gasteiger charge is -2.47. The monoisotopic (exact) mass is 504 g/mol. The Morgan fingerprint density at radius 1 is 0.441 bits per heavy atom. The summed E-state index contributed by atoms with van der Waals surface area (Å²) in [5, 5.41) is 109. The van der Waals surface area contributed by atoms with Crippen molar-refractivity contribution in [1.82, 2.24) is 0 Å². The molecule has 0 bridgehead atoms. The maximum Gasteiger partial charge on any atom is 0.187 e. The number of aliphatic hydroxyl groups excluding tert-OH is 11. The van der Waals surface area contributed by atoms with Gasteiger partial charge in [0.2, 0.25) is 0 Å². The van der Waals surface area contributed by atoms with Crippen molar-refractivity contribution in [3.63, 3.8) is 0 Å². The predicted octanol–water partition coefficient (Wildman–Crippen LogP) is -7.57. The fraction of sp³-hybridized carbons (Fsp3) is 1.00. The molecule has 34 heavy (non-hydrogen) atoms. The molecule has 3 fully saturated rings. The molecular formula is C18H32O16. The summed E-state index contributed by atoms with van der Waals surface area (Å²) in [6.07, 6.45) is -25.4. The molecule has 0 aromatic rings. The fourth-order valence-electron chi connectivity index (χ4n) is 4.05. The summed E-state index contributed by atoms with van der Waals surface area (Å²) in [6.45, 7) is -2.34. The van der Waals surface area contributed by atoms with Crippen LogP contribution in [0.15, 0.2) is 0 Å². The van der Waals surface area contributed by atoms with E-state index >= 15 is 0 Å². The van der Waals surface area contributed by atoms with Crippen molar-refractivity contribution in [3.8, 4) is 0 Å². The van der Waals surface area contributed by atoms with E-state index in [2.05, 4.69) is 0 Å². The normalized spacial score (nSPS) is 52.5. The van der Waals surface area contributed by atoms with E-state index < -0.39 is 112 Å². The molecule has 16 heteroatoms. The molecule has 0 spiro atoms. The van der Waals surface area contributed by atoms with Crippen LogP contribution in [0.5, 0.6) is 0 Å². The molecule has 0 aliphatic carbocycles. The molecule has 3 rings (SSSR count). The molecule has 3 aliphatic rings. The summed E-state index contributed by atoms with van der Waals surface area (Å²) in [4.78, 5) is 0. The molecule has 15 atom stereocenters. The summed E-state index contributed by atoms with van der Waals surface area (Å²) in [5.41, 5.74) is 0. The molecule has 3 saturated heterocycles. The van der Waals surface area contributed by atoms with Crippen molar-refractivity contribution >= 4 is 0 Å². The van der Waals surface area contributed by atoms with Gasteiger partial charge < -0.3 is 79.9 Å². The first-order valence-electron chi connectivity index (χ1n) is 10.6. The van der Waals surface area contributed by atoms with Gasteiger partial charge in [0.15, 0.2) is 18.9 Å². The summed E-state index contributed by atoms with van der Waals surface area (Å²) < 4.78 is 26.4. The second-order valence-corrected chi connectivity index (χ2v) is 8.33. The van der Waals surface area contributed by atoms with Crippen LogP contribution in [-0.2, 0) is 23.7 Å². The largest absolute Gasteiger partial charge is 0.394 e. The highest BCUT2D eigenvalue weighted by atomic mass is 16.7. The zero-order valence-corrected chi connectivity index (χ0v) is 17.7. The molecule has 11 N–H and O–H groups in total. The summed E-state index contributed by atoms with van der Waals surface area (Å²) >= 11 is 0. The minimum Gasteiger partial charge on any atom is -0.394 e.